The van der Waals surface area contributed by atoms with Gasteiger partial charge in [-0.05, 0) is 31.0 Å². The van der Waals surface area contributed by atoms with Gasteiger partial charge in [-0.25, -0.2) is 9.78 Å². The molecule has 2 aliphatic heterocycles. The Balaban J connectivity index is 1.29. The molecule has 0 unspecified atom stereocenters. The zero-order chi connectivity index (χ0) is 20.6. The largest absolute Gasteiger partial charge is 0.491 e. The monoisotopic (exact) mass is 412 g/mol. The van der Waals surface area contributed by atoms with E-state index in [1.807, 2.05) is 36.4 Å². The van der Waals surface area contributed by atoms with Crippen LogP contribution in [0.5, 0.6) is 5.75 Å². The smallest absolute Gasteiger partial charge is 0.319 e. The molecule has 1 aromatic carbocycles. The van der Waals surface area contributed by atoms with Crippen molar-refractivity contribution < 1.29 is 19.0 Å². The molecule has 30 heavy (non-hydrogen) atoms. The number of rotatable bonds is 7. The zero-order valence-corrected chi connectivity index (χ0v) is 17.0. The van der Waals surface area contributed by atoms with Gasteiger partial charge in [0.2, 0.25) is 0 Å². The van der Waals surface area contributed by atoms with Gasteiger partial charge >= 0.3 is 6.03 Å². The van der Waals surface area contributed by atoms with Crippen LogP contribution in [-0.2, 0) is 16.0 Å². The summed E-state index contributed by atoms with van der Waals surface area (Å²) in [5.41, 5.74) is 1.65. The molecule has 2 aliphatic rings. The Morgan fingerprint density at radius 3 is 2.93 bits per heavy atom. The van der Waals surface area contributed by atoms with Crippen molar-refractivity contribution in [2.75, 3.05) is 49.7 Å². The number of carbonyl (C=O) groups is 1. The highest BCUT2D eigenvalue weighted by Gasteiger charge is 2.17. The first-order chi connectivity index (χ1) is 14.8. The summed E-state index contributed by atoms with van der Waals surface area (Å²) in [6.07, 6.45) is 4.04. The van der Waals surface area contributed by atoms with Crippen molar-refractivity contribution in [1.29, 1.82) is 0 Å². The Bertz CT molecular complexity index is 835. The second-order valence-electron chi connectivity index (χ2n) is 7.37. The quantitative estimate of drug-likeness (QED) is 0.728. The fourth-order valence-electron chi connectivity index (χ4n) is 3.61. The maximum Gasteiger partial charge on any atom is 0.319 e. The van der Waals surface area contributed by atoms with Gasteiger partial charge in [-0.2, -0.15) is 0 Å². The molecule has 0 saturated carbocycles. The number of nitrogens with zero attached hydrogens (tertiary/aromatic N) is 2. The lowest BCUT2D eigenvalue weighted by Gasteiger charge is -2.29. The molecule has 2 amide bonds. The van der Waals surface area contributed by atoms with Crippen molar-refractivity contribution in [3.05, 3.63) is 48.2 Å². The van der Waals surface area contributed by atoms with Gasteiger partial charge in [0, 0.05) is 49.8 Å². The Kier molecular flexibility index (Phi) is 6.99. The van der Waals surface area contributed by atoms with Gasteiger partial charge < -0.3 is 29.7 Å². The van der Waals surface area contributed by atoms with Crippen LogP contribution in [0.15, 0.2) is 42.6 Å². The molecule has 2 saturated heterocycles. The first-order valence-electron chi connectivity index (χ1n) is 10.4. The number of ether oxygens (including phenoxy) is 3. The van der Waals surface area contributed by atoms with Gasteiger partial charge in [-0.1, -0.05) is 12.1 Å². The van der Waals surface area contributed by atoms with E-state index < -0.39 is 0 Å². The lowest BCUT2D eigenvalue weighted by molar-refractivity contribution is 0.0680. The molecule has 0 spiro atoms. The molecule has 0 aliphatic carbocycles. The number of anilines is 2. The third kappa shape index (κ3) is 5.61. The topological polar surface area (TPSA) is 85.0 Å². The van der Waals surface area contributed by atoms with Crippen LogP contribution in [0, 0.1) is 0 Å². The number of benzene rings is 1. The first-order valence-corrected chi connectivity index (χ1v) is 10.4. The van der Waals surface area contributed by atoms with E-state index in [2.05, 4.69) is 20.5 Å². The maximum atomic E-state index is 12.4. The van der Waals surface area contributed by atoms with E-state index in [0.29, 0.717) is 37.8 Å². The highest BCUT2D eigenvalue weighted by molar-refractivity contribution is 5.89. The summed E-state index contributed by atoms with van der Waals surface area (Å²) in [4.78, 5) is 19.1. The molecule has 4 rings (SSSR count). The van der Waals surface area contributed by atoms with E-state index in [-0.39, 0.29) is 12.1 Å². The lowest BCUT2D eigenvalue weighted by atomic mass is 10.2. The number of aromatic nitrogens is 1. The summed E-state index contributed by atoms with van der Waals surface area (Å²) >= 11 is 0. The Labute approximate surface area is 176 Å². The fraction of sp³-hybridized carbons (Fsp3) is 0.455. The number of nitrogens with one attached hydrogen (secondary N) is 2. The van der Waals surface area contributed by atoms with E-state index in [1.54, 1.807) is 6.20 Å². The van der Waals surface area contributed by atoms with Gasteiger partial charge in [-0.3, -0.25) is 0 Å². The molecule has 0 radical (unpaired) electrons. The van der Waals surface area contributed by atoms with E-state index >= 15 is 0 Å². The van der Waals surface area contributed by atoms with Crippen LogP contribution < -0.4 is 20.3 Å². The second kappa shape index (κ2) is 10.3. The van der Waals surface area contributed by atoms with Crippen LogP contribution >= 0.6 is 0 Å². The number of urea groups is 1. The number of amides is 2. The molecule has 2 fully saturated rings. The van der Waals surface area contributed by atoms with Crippen molar-refractivity contribution >= 4 is 17.5 Å². The van der Waals surface area contributed by atoms with E-state index in [4.69, 9.17) is 14.2 Å². The Hall–Kier alpha value is -2.84. The third-order valence-corrected chi connectivity index (χ3v) is 5.17. The summed E-state index contributed by atoms with van der Waals surface area (Å²) < 4.78 is 16.8. The molecule has 1 aromatic heterocycles. The summed E-state index contributed by atoms with van der Waals surface area (Å²) in [5, 5.41) is 5.78. The van der Waals surface area contributed by atoms with E-state index in [1.165, 1.54) is 0 Å². The molecule has 8 nitrogen and oxygen atoms in total. The predicted octanol–water partition coefficient (Wildman–Crippen LogP) is 2.80. The third-order valence-electron chi connectivity index (χ3n) is 5.17. The van der Waals surface area contributed by atoms with Crippen molar-refractivity contribution in [3.8, 4) is 5.75 Å². The average molecular weight is 412 g/mol. The van der Waals surface area contributed by atoms with Crippen molar-refractivity contribution in [1.82, 2.24) is 10.3 Å². The van der Waals surface area contributed by atoms with Crippen LogP contribution in [0.25, 0.3) is 0 Å². The summed E-state index contributed by atoms with van der Waals surface area (Å²) in [6, 6.07) is 11.0. The Morgan fingerprint density at radius 2 is 2.10 bits per heavy atom. The fourth-order valence-corrected chi connectivity index (χ4v) is 3.61. The number of hydrogen-bond donors (Lipinski definition) is 2. The maximum absolute atomic E-state index is 12.4. The molecule has 1 atom stereocenters. The van der Waals surface area contributed by atoms with E-state index in [0.717, 1.165) is 43.9 Å². The van der Waals surface area contributed by atoms with Crippen LogP contribution in [0.2, 0.25) is 0 Å². The highest BCUT2D eigenvalue weighted by Crippen LogP contribution is 2.20. The molecule has 0 bridgehead atoms. The average Bonchev–Trinajstić information content (AvgIpc) is 3.31. The van der Waals surface area contributed by atoms with Crippen LogP contribution in [0.4, 0.5) is 16.3 Å². The van der Waals surface area contributed by atoms with Crippen molar-refractivity contribution in [3.63, 3.8) is 0 Å². The first kappa shape index (κ1) is 20.4. The number of morpholine rings is 1. The summed E-state index contributed by atoms with van der Waals surface area (Å²) in [5.74, 6) is 1.61. The van der Waals surface area contributed by atoms with Crippen molar-refractivity contribution in [2.24, 2.45) is 0 Å². The lowest BCUT2D eigenvalue weighted by Crippen LogP contribution is -2.38. The van der Waals surface area contributed by atoms with Gasteiger partial charge in [0.05, 0.1) is 19.3 Å². The molecule has 2 aromatic rings. The van der Waals surface area contributed by atoms with Gasteiger partial charge in [0.1, 0.15) is 18.2 Å². The molecule has 2 N–H and O–H groups in total. The SMILES string of the molecule is O=C(NCc1cccnc1N1CCOCC1)Nc1cccc(OC[C@@H]2CCCO2)c1. The second-order valence-corrected chi connectivity index (χ2v) is 7.37. The summed E-state index contributed by atoms with van der Waals surface area (Å²) in [7, 11) is 0. The Morgan fingerprint density at radius 1 is 1.20 bits per heavy atom. The molecular weight excluding hydrogens is 384 g/mol. The van der Waals surface area contributed by atoms with Gasteiger partial charge in [0.15, 0.2) is 0 Å². The minimum Gasteiger partial charge on any atom is -0.491 e. The van der Waals surface area contributed by atoms with E-state index in [9.17, 15) is 4.79 Å². The number of pyridine rings is 1. The molecule has 3 heterocycles. The van der Waals surface area contributed by atoms with Gasteiger partial charge in [-0.15, -0.1) is 0 Å². The summed E-state index contributed by atoms with van der Waals surface area (Å²) in [6.45, 7) is 4.71. The zero-order valence-electron chi connectivity index (χ0n) is 17.0. The van der Waals surface area contributed by atoms with Crippen LogP contribution in [0.1, 0.15) is 18.4 Å². The minimum absolute atomic E-state index is 0.157. The standard InChI is InChI=1S/C22H28N4O4/c27-22(24-15-17-4-2-8-23-21(17)26-9-12-28-13-10-26)25-18-5-1-6-19(14-18)30-16-20-7-3-11-29-20/h1-2,4-6,8,14,20H,3,7,9-13,15-16H2,(H2,24,25,27)/t20-/m0/s1. The number of carbonyl (C=O) groups excluding carboxylic acids is 1. The highest BCUT2D eigenvalue weighted by atomic mass is 16.5. The number of hydrogen-bond acceptors (Lipinski definition) is 6. The molecule has 160 valence electrons. The normalized spacial score (nSPS) is 18.8. The minimum atomic E-state index is -0.275. The molecular formula is C22H28N4O4. The van der Waals surface area contributed by atoms with Crippen molar-refractivity contribution in [2.45, 2.75) is 25.5 Å². The van der Waals surface area contributed by atoms with Crippen LogP contribution in [-0.4, -0.2) is 56.6 Å². The van der Waals surface area contributed by atoms with Gasteiger partial charge in [0.25, 0.3) is 0 Å². The predicted molar refractivity (Wildman–Crippen MR) is 114 cm³/mol. The molecule has 8 heteroatoms. The van der Waals surface area contributed by atoms with Crippen LogP contribution in [0.3, 0.4) is 0 Å².